The van der Waals surface area contributed by atoms with E-state index < -0.39 is 5.60 Å². The summed E-state index contributed by atoms with van der Waals surface area (Å²) in [7, 11) is 1.53. The van der Waals surface area contributed by atoms with E-state index in [2.05, 4.69) is 4.90 Å². The summed E-state index contributed by atoms with van der Waals surface area (Å²) < 4.78 is 38.4. The number of ether oxygens (including phenoxy) is 2. The molecule has 0 saturated carbocycles. The van der Waals surface area contributed by atoms with Crippen molar-refractivity contribution in [3.63, 3.8) is 0 Å². The van der Waals surface area contributed by atoms with Crippen molar-refractivity contribution in [3.05, 3.63) is 95.1 Å². The van der Waals surface area contributed by atoms with Gasteiger partial charge in [0, 0.05) is 12.6 Å². The van der Waals surface area contributed by atoms with Gasteiger partial charge in [-0.05, 0) is 92.7 Å². The third-order valence-corrected chi connectivity index (χ3v) is 7.19. The highest BCUT2D eigenvalue weighted by Crippen LogP contribution is 2.42. The van der Waals surface area contributed by atoms with Crippen LogP contribution in [0.4, 0.5) is 8.78 Å². The van der Waals surface area contributed by atoms with Crippen LogP contribution >= 0.6 is 0 Å². The molecule has 1 fully saturated rings. The average molecular weight is 510 g/mol. The maximum absolute atomic E-state index is 13.6. The third kappa shape index (κ3) is 6.17. The topological polar surface area (TPSA) is 59.0 Å². The van der Waals surface area contributed by atoms with Crippen LogP contribution in [0.2, 0.25) is 0 Å². The number of aliphatic hydroxyl groups is 1. The van der Waals surface area contributed by atoms with Gasteiger partial charge in [-0.15, -0.1) is 0 Å². The lowest BCUT2D eigenvalue weighted by atomic mass is 9.72. The number of hydrogen-bond donors (Lipinski definition) is 1. The maximum Gasteiger partial charge on any atom is 0.163 e. The lowest BCUT2D eigenvalue weighted by molar-refractivity contribution is -0.0147. The number of piperidine rings is 1. The number of likely N-dealkylation sites (tertiary alicyclic amines) is 1. The Balaban J connectivity index is 1.34. The first-order valence-electron chi connectivity index (χ1n) is 12.6. The molecule has 0 radical (unpaired) electrons. The van der Waals surface area contributed by atoms with Crippen molar-refractivity contribution in [2.24, 2.45) is 5.92 Å². The zero-order valence-electron chi connectivity index (χ0n) is 21.3. The zero-order chi connectivity index (χ0) is 26.4. The van der Waals surface area contributed by atoms with Gasteiger partial charge in [0.05, 0.1) is 19.3 Å². The van der Waals surface area contributed by atoms with Gasteiger partial charge in [0.2, 0.25) is 0 Å². The van der Waals surface area contributed by atoms with Crippen LogP contribution in [-0.4, -0.2) is 49.1 Å². The molecular weight excluding hydrogens is 476 g/mol. The minimum atomic E-state index is -1.33. The Kier molecular flexibility index (Phi) is 8.56. The molecule has 0 unspecified atom stereocenters. The van der Waals surface area contributed by atoms with Crippen molar-refractivity contribution < 1.29 is 28.2 Å². The van der Waals surface area contributed by atoms with E-state index in [-0.39, 0.29) is 23.3 Å². The van der Waals surface area contributed by atoms with Gasteiger partial charge in [0.15, 0.2) is 5.78 Å². The number of halogens is 2. The first kappa shape index (κ1) is 26.8. The summed E-state index contributed by atoms with van der Waals surface area (Å²) in [6, 6.07) is 17.1. The van der Waals surface area contributed by atoms with E-state index in [0.29, 0.717) is 34.8 Å². The molecule has 0 amide bonds. The normalized spacial score (nSPS) is 14.9. The Hall–Kier alpha value is -3.29. The zero-order valence-corrected chi connectivity index (χ0v) is 21.3. The fraction of sp³-hybridized carbons (Fsp3) is 0.367. The highest BCUT2D eigenvalue weighted by molar-refractivity contribution is 5.97. The van der Waals surface area contributed by atoms with Gasteiger partial charge in [-0.2, -0.15) is 0 Å². The molecule has 1 aliphatic heterocycles. The van der Waals surface area contributed by atoms with E-state index in [9.17, 15) is 18.7 Å². The quantitative estimate of drug-likeness (QED) is 0.285. The van der Waals surface area contributed by atoms with E-state index in [4.69, 9.17) is 9.47 Å². The standard InChI is InChI=1S/C30H33F2NO4/c1-21(34)28-13-12-27(20-29(28)36-2)37-19-3-16-33-17-14-24(15-18-33)30(35,22-4-8-25(31)9-5-22)23-6-10-26(32)11-7-23/h4-13,20,24,35H,3,14-19H2,1-2H3. The predicted octanol–water partition coefficient (Wildman–Crippen LogP) is 5.59. The summed E-state index contributed by atoms with van der Waals surface area (Å²) in [4.78, 5) is 14.0. The number of benzene rings is 3. The number of Topliss-reactive ketones (excluding diaryl/α,β-unsaturated/α-hetero) is 1. The lowest BCUT2D eigenvalue weighted by Gasteiger charge is -2.42. The molecule has 5 nitrogen and oxygen atoms in total. The third-order valence-electron chi connectivity index (χ3n) is 7.19. The summed E-state index contributed by atoms with van der Waals surface area (Å²) in [6.07, 6.45) is 2.31. The predicted molar refractivity (Wildman–Crippen MR) is 138 cm³/mol. The minimum Gasteiger partial charge on any atom is -0.496 e. The van der Waals surface area contributed by atoms with Crippen molar-refractivity contribution in [2.45, 2.75) is 31.8 Å². The van der Waals surface area contributed by atoms with Gasteiger partial charge in [-0.1, -0.05) is 24.3 Å². The van der Waals surface area contributed by atoms with Crippen LogP contribution in [0.25, 0.3) is 0 Å². The van der Waals surface area contributed by atoms with Gasteiger partial charge in [0.1, 0.15) is 28.7 Å². The SMILES string of the molecule is COc1cc(OCCCN2CCC(C(O)(c3ccc(F)cc3)c3ccc(F)cc3)CC2)ccc1C(C)=O. The Bertz CT molecular complexity index is 1140. The number of carbonyl (C=O) groups excluding carboxylic acids is 1. The summed E-state index contributed by atoms with van der Waals surface area (Å²) in [5.41, 5.74) is 0.415. The summed E-state index contributed by atoms with van der Waals surface area (Å²) in [5, 5.41) is 12.0. The van der Waals surface area contributed by atoms with Crippen LogP contribution in [0.3, 0.4) is 0 Å². The fourth-order valence-electron chi connectivity index (χ4n) is 5.15. The van der Waals surface area contributed by atoms with E-state index in [1.165, 1.54) is 38.3 Å². The molecule has 0 atom stereocenters. The number of ketones is 1. The molecule has 1 N–H and O–H groups in total. The molecule has 3 aromatic rings. The van der Waals surface area contributed by atoms with Crippen LogP contribution in [0, 0.1) is 17.6 Å². The molecule has 196 valence electrons. The van der Waals surface area contributed by atoms with E-state index >= 15 is 0 Å². The van der Waals surface area contributed by atoms with Gasteiger partial charge in [-0.3, -0.25) is 4.79 Å². The molecule has 7 heteroatoms. The molecule has 37 heavy (non-hydrogen) atoms. The largest absolute Gasteiger partial charge is 0.496 e. The summed E-state index contributed by atoms with van der Waals surface area (Å²) in [5.74, 6) is 0.276. The van der Waals surface area contributed by atoms with Crippen LogP contribution < -0.4 is 9.47 Å². The highest BCUT2D eigenvalue weighted by atomic mass is 19.1. The summed E-state index contributed by atoms with van der Waals surface area (Å²) >= 11 is 0. The van der Waals surface area contributed by atoms with Crippen molar-refractivity contribution in [3.8, 4) is 11.5 Å². The average Bonchev–Trinajstić information content (AvgIpc) is 2.91. The van der Waals surface area contributed by atoms with Crippen LogP contribution in [0.5, 0.6) is 11.5 Å². The molecular formula is C30H33F2NO4. The van der Waals surface area contributed by atoms with E-state index in [1.807, 2.05) is 0 Å². The maximum atomic E-state index is 13.6. The number of methoxy groups -OCH3 is 1. The van der Waals surface area contributed by atoms with Crippen LogP contribution in [0.1, 0.15) is 47.7 Å². The Morgan fingerprint density at radius 3 is 2.05 bits per heavy atom. The first-order valence-corrected chi connectivity index (χ1v) is 12.6. The van der Waals surface area contributed by atoms with Crippen molar-refractivity contribution in [1.82, 2.24) is 4.90 Å². The smallest absolute Gasteiger partial charge is 0.163 e. The monoisotopic (exact) mass is 509 g/mol. The van der Waals surface area contributed by atoms with Crippen molar-refractivity contribution >= 4 is 5.78 Å². The lowest BCUT2D eigenvalue weighted by Crippen LogP contribution is -2.44. The number of rotatable bonds is 10. The molecule has 1 heterocycles. The molecule has 3 aromatic carbocycles. The molecule has 0 aromatic heterocycles. The second kappa shape index (κ2) is 11.8. The molecule has 0 aliphatic carbocycles. The van der Waals surface area contributed by atoms with Crippen molar-refractivity contribution in [2.75, 3.05) is 33.4 Å². The van der Waals surface area contributed by atoms with Gasteiger partial charge in [0.25, 0.3) is 0 Å². The Labute approximate surface area is 216 Å². The molecule has 1 aliphatic rings. The Morgan fingerprint density at radius 2 is 1.54 bits per heavy atom. The number of carbonyl (C=O) groups is 1. The van der Waals surface area contributed by atoms with Gasteiger partial charge in [-0.25, -0.2) is 8.78 Å². The minimum absolute atomic E-state index is 0.0578. The number of nitrogens with zero attached hydrogens (tertiary/aromatic N) is 1. The Morgan fingerprint density at radius 1 is 0.973 bits per heavy atom. The fourth-order valence-corrected chi connectivity index (χ4v) is 5.15. The first-order chi connectivity index (χ1) is 17.8. The van der Waals surface area contributed by atoms with E-state index in [1.54, 1.807) is 42.5 Å². The molecule has 1 saturated heterocycles. The van der Waals surface area contributed by atoms with E-state index in [0.717, 1.165) is 38.9 Å². The molecule has 0 bridgehead atoms. The van der Waals surface area contributed by atoms with Gasteiger partial charge >= 0.3 is 0 Å². The molecule has 0 spiro atoms. The second-order valence-electron chi connectivity index (χ2n) is 9.52. The van der Waals surface area contributed by atoms with Crippen molar-refractivity contribution in [1.29, 1.82) is 0 Å². The van der Waals surface area contributed by atoms with Crippen LogP contribution in [0.15, 0.2) is 66.7 Å². The second-order valence-corrected chi connectivity index (χ2v) is 9.52. The molecule has 4 rings (SSSR count). The van der Waals surface area contributed by atoms with Crippen LogP contribution in [-0.2, 0) is 5.60 Å². The highest BCUT2D eigenvalue weighted by Gasteiger charge is 2.41. The summed E-state index contributed by atoms with van der Waals surface area (Å²) in [6.45, 7) is 4.48. The number of hydrogen-bond acceptors (Lipinski definition) is 5. The van der Waals surface area contributed by atoms with Gasteiger partial charge < -0.3 is 19.5 Å².